The number of morpholine rings is 1. The first-order valence-corrected chi connectivity index (χ1v) is 12.2. The van der Waals surface area contributed by atoms with Gasteiger partial charge >= 0.3 is 12.1 Å². The molecule has 1 saturated carbocycles. The number of carboxylic acid groups (broad SMARTS) is 1. The Morgan fingerprint density at radius 3 is 2.40 bits per heavy atom. The van der Waals surface area contributed by atoms with Gasteiger partial charge in [-0.1, -0.05) is 55.0 Å². The molecular formula is C27H30N2O6. The molecule has 0 spiro atoms. The van der Waals surface area contributed by atoms with Crippen molar-refractivity contribution in [2.24, 2.45) is 5.92 Å². The summed E-state index contributed by atoms with van der Waals surface area (Å²) < 4.78 is 10.9. The third-order valence-electron chi connectivity index (χ3n) is 7.48. The Morgan fingerprint density at radius 1 is 1.03 bits per heavy atom. The number of amides is 2. The van der Waals surface area contributed by atoms with Crippen molar-refractivity contribution in [2.45, 2.75) is 43.7 Å². The van der Waals surface area contributed by atoms with Crippen molar-refractivity contribution in [3.63, 3.8) is 0 Å². The largest absolute Gasteiger partial charge is 0.480 e. The summed E-state index contributed by atoms with van der Waals surface area (Å²) in [5.41, 5.74) is 4.66. The zero-order valence-corrected chi connectivity index (χ0v) is 19.5. The van der Waals surface area contributed by atoms with Crippen LogP contribution in [0.5, 0.6) is 0 Å². The van der Waals surface area contributed by atoms with Crippen LogP contribution in [0.25, 0.3) is 11.1 Å². The molecular weight excluding hydrogens is 448 g/mol. The van der Waals surface area contributed by atoms with Crippen LogP contribution in [-0.2, 0) is 19.1 Å². The summed E-state index contributed by atoms with van der Waals surface area (Å²) >= 11 is 0. The molecule has 5 rings (SSSR count). The topological polar surface area (TPSA) is 105 Å². The molecule has 184 valence electrons. The standard InChI is InChI=1S/C27H30N2O6/c30-25(29-12-13-34-16-24(29)26(31)32)14-17-6-5-11-23(17)28-27(33)35-15-22-20-9-3-1-7-18(20)19-8-2-4-10-21(19)22/h1-4,7-10,17,22-24H,5-6,11-16H2,(H,28,33)(H,31,32)/t17-,23+,24?/m0/s1. The monoisotopic (exact) mass is 478 g/mol. The van der Waals surface area contributed by atoms with Gasteiger partial charge in [-0.2, -0.15) is 0 Å². The molecule has 1 heterocycles. The Hall–Kier alpha value is -3.39. The fraction of sp³-hybridized carbons (Fsp3) is 0.444. The van der Waals surface area contributed by atoms with Crippen LogP contribution in [0, 0.1) is 5.92 Å². The molecule has 1 unspecified atom stereocenters. The highest BCUT2D eigenvalue weighted by Crippen LogP contribution is 2.44. The zero-order chi connectivity index (χ0) is 24.4. The number of nitrogens with one attached hydrogen (secondary N) is 1. The zero-order valence-electron chi connectivity index (χ0n) is 19.5. The number of carbonyl (C=O) groups is 3. The molecule has 1 aliphatic heterocycles. The maximum absolute atomic E-state index is 12.9. The summed E-state index contributed by atoms with van der Waals surface area (Å²) in [5.74, 6) is -1.31. The third-order valence-corrected chi connectivity index (χ3v) is 7.48. The van der Waals surface area contributed by atoms with Gasteiger partial charge < -0.3 is 24.8 Å². The van der Waals surface area contributed by atoms with Crippen molar-refractivity contribution in [3.8, 4) is 11.1 Å². The summed E-state index contributed by atoms with van der Waals surface area (Å²) in [6, 6.07) is 15.3. The Balaban J connectivity index is 1.18. The van der Waals surface area contributed by atoms with Crippen molar-refractivity contribution < 1.29 is 29.0 Å². The molecule has 2 fully saturated rings. The van der Waals surface area contributed by atoms with E-state index in [2.05, 4.69) is 29.6 Å². The molecule has 3 aliphatic rings. The van der Waals surface area contributed by atoms with Crippen LogP contribution in [0.3, 0.4) is 0 Å². The first-order chi connectivity index (χ1) is 17.0. The van der Waals surface area contributed by atoms with Crippen molar-refractivity contribution >= 4 is 18.0 Å². The Kier molecular flexibility index (Phi) is 6.72. The minimum atomic E-state index is -1.06. The van der Waals surface area contributed by atoms with Crippen molar-refractivity contribution in [1.29, 1.82) is 0 Å². The summed E-state index contributed by atoms with van der Waals surface area (Å²) in [6.07, 6.45) is 2.21. The van der Waals surface area contributed by atoms with Crippen LogP contribution in [-0.4, -0.2) is 66.4 Å². The SMILES string of the molecule is O=C(N[C@@H]1CCC[C@H]1CC(=O)N1CCOCC1C(=O)O)OCC1c2ccccc2-c2ccccc21. The van der Waals surface area contributed by atoms with E-state index in [1.807, 2.05) is 24.3 Å². The van der Waals surface area contributed by atoms with Crippen LogP contribution in [0.15, 0.2) is 48.5 Å². The highest BCUT2D eigenvalue weighted by atomic mass is 16.5. The molecule has 0 aromatic heterocycles. The number of aliphatic carboxylic acids is 1. The van der Waals surface area contributed by atoms with Gasteiger partial charge in [-0.15, -0.1) is 0 Å². The molecule has 3 atom stereocenters. The second-order valence-electron chi connectivity index (χ2n) is 9.49. The lowest BCUT2D eigenvalue weighted by molar-refractivity contribution is -0.158. The van der Waals surface area contributed by atoms with E-state index in [-0.39, 0.29) is 50.0 Å². The lowest BCUT2D eigenvalue weighted by atomic mass is 9.98. The minimum absolute atomic E-state index is 0.00711. The Labute approximate surface area is 204 Å². The molecule has 8 nitrogen and oxygen atoms in total. The van der Waals surface area contributed by atoms with E-state index in [4.69, 9.17) is 9.47 Å². The average Bonchev–Trinajstić information content (AvgIpc) is 3.44. The van der Waals surface area contributed by atoms with Crippen molar-refractivity contribution in [2.75, 3.05) is 26.4 Å². The van der Waals surface area contributed by atoms with E-state index in [1.165, 1.54) is 16.0 Å². The fourth-order valence-corrected chi connectivity index (χ4v) is 5.71. The van der Waals surface area contributed by atoms with Gasteiger partial charge in [-0.25, -0.2) is 9.59 Å². The number of rotatable bonds is 6. The predicted octanol–water partition coefficient (Wildman–Crippen LogP) is 3.40. The number of ether oxygens (including phenoxy) is 2. The Morgan fingerprint density at radius 2 is 1.71 bits per heavy atom. The van der Waals surface area contributed by atoms with Crippen LogP contribution in [0.4, 0.5) is 4.79 Å². The number of alkyl carbamates (subject to hydrolysis) is 1. The first kappa shape index (κ1) is 23.4. The quantitative estimate of drug-likeness (QED) is 0.659. The van der Waals surface area contributed by atoms with E-state index in [1.54, 1.807) is 0 Å². The van der Waals surface area contributed by atoms with E-state index < -0.39 is 18.1 Å². The van der Waals surface area contributed by atoms with Gasteiger partial charge in [-0.05, 0) is 41.0 Å². The average molecular weight is 479 g/mol. The maximum Gasteiger partial charge on any atom is 0.407 e. The van der Waals surface area contributed by atoms with Crippen LogP contribution >= 0.6 is 0 Å². The summed E-state index contributed by atoms with van der Waals surface area (Å²) in [4.78, 5) is 38.5. The molecule has 0 bridgehead atoms. The number of carbonyl (C=O) groups excluding carboxylic acids is 2. The van der Waals surface area contributed by atoms with Crippen LogP contribution < -0.4 is 5.32 Å². The lowest BCUT2D eigenvalue weighted by Gasteiger charge is -2.34. The molecule has 2 N–H and O–H groups in total. The molecule has 2 aromatic carbocycles. The molecule has 2 aromatic rings. The summed E-state index contributed by atoms with van der Waals surface area (Å²) in [6.45, 7) is 0.853. The normalized spacial score (nSPS) is 23.4. The highest BCUT2D eigenvalue weighted by molar-refractivity contribution is 5.84. The molecule has 2 amide bonds. The number of carboxylic acids is 1. The second kappa shape index (κ2) is 10.1. The first-order valence-electron chi connectivity index (χ1n) is 12.2. The third kappa shape index (κ3) is 4.75. The molecule has 0 radical (unpaired) electrons. The Bertz CT molecular complexity index is 1070. The van der Waals surface area contributed by atoms with Gasteiger partial charge in [0, 0.05) is 24.9 Å². The highest BCUT2D eigenvalue weighted by Gasteiger charge is 2.37. The van der Waals surface area contributed by atoms with Gasteiger partial charge in [0.2, 0.25) is 5.91 Å². The van der Waals surface area contributed by atoms with Gasteiger partial charge in [0.05, 0.1) is 13.2 Å². The molecule has 35 heavy (non-hydrogen) atoms. The lowest BCUT2D eigenvalue weighted by Crippen LogP contribution is -2.53. The van der Waals surface area contributed by atoms with E-state index in [9.17, 15) is 19.5 Å². The maximum atomic E-state index is 12.9. The molecule has 1 saturated heterocycles. The van der Waals surface area contributed by atoms with Crippen LogP contribution in [0.2, 0.25) is 0 Å². The van der Waals surface area contributed by atoms with E-state index in [0.29, 0.717) is 6.61 Å². The van der Waals surface area contributed by atoms with Crippen molar-refractivity contribution in [3.05, 3.63) is 59.7 Å². The summed E-state index contributed by atoms with van der Waals surface area (Å²) in [5, 5.41) is 12.4. The van der Waals surface area contributed by atoms with E-state index in [0.717, 1.165) is 30.4 Å². The predicted molar refractivity (Wildman–Crippen MR) is 128 cm³/mol. The number of nitrogens with zero attached hydrogens (tertiary/aromatic N) is 1. The number of hydrogen-bond acceptors (Lipinski definition) is 5. The van der Waals surface area contributed by atoms with Gasteiger partial charge in [0.15, 0.2) is 6.04 Å². The van der Waals surface area contributed by atoms with Gasteiger partial charge in [-0.3, -0.25) is 4.79 Å². The van der Waals surface area contributed by atoms with Gasteiger partial charge in [0.1, 0.15) is 6.61 Å². The minimum Gasteiger partial charge on any atom is -0.480 e. The number of benzene rings is 2. The number of fused-ring (bicyclic) bond motifs is 3. The molecule has 2 aliphatic carbocycles. The summed E-state index contributed by atoms with van der Waals surface area (Å²) in [7, 11) is 0. The molecule has 8 heteroatoms. The van der Waals surface area contributed by atoms with Crippen molar-refractivity contribution in [1.82, 2.24) is 10.2 Å². The number of hydrogen-bond donors (Lipinski definition) is 2. The smallest absolute Gasteiger partial charge is 0.407 e. The van der Waals surface area contributed by atoms with Crippen LogP contribution in [0.1, 0.15) is 42.7 Å². The fourth-order valence-electron chi connectivity index (χ4n) is 5.71. The second-order valence-corrected chi connectivity index (χ2v) is 9.49. The van der Waals surface area contributed by atoms with E-state index >= 15 is 0 Å². The van der Waals surface area contributed by atoms with Gasteiger partial charge in [0.25, 0.3) is 0 Å².